The first-order valence-corrected chi connectivity index (χ1v) is 12.8. The fraction of sp³-hybridized carbons (Fsp3) is 0.545. The smallest absolute Gasteiger partial charge is 0.331 e. The number of Topliss-reactive ketones (excluding diaryl/α,β-unsaturated/α-hetero) is 1. The van der Waals surface area contributed by atoms with E-state index in [1.54, 1.807) is 20.8 Å². The highest BCUT2D eigenvalue weighted by Gasteiger charge is 2.51. The van der Waals surface area contributed by atoms with Gasteiger partial charge in [-0.1, -0.05) is 15.9 Å². The maximum Gasteiger partial charge on any atom is 0.331 e. The lowest BCUT2D eigenvalue weighted by Crippen LogP contribution is -2.64. The molecular formula is C22H26BrF2N3O6S. The number of rotatable bonds is 7. The Balaban J connectivity index is 1.95. The van der Waals surface area contributed by atoms with Crippen molar-refractivity contribution in [2.75, 3.05) is 13.2 Å². The lowest BCUT2D eigenvalue weighted by Gasteiger charge is -2.37. The third-order valence-corrected chi connectivity index (χ3v) is 7.76. The van der Waals surface area contributed by atoms with E-state index in [4.69, 9.17) is 4.74 Å². The van der Waals surface area contributed by atoms with Crippen molar-refractivity contribution in [3.8, 4) is 0 Å². The molecule has 4 atom stereocenters. The normalized spacial score (nSPS) is 22.5. The Morgan fingerprint density at radius 1 is 1.29 bits per heavy atom. The van der Waals surface area contributed by atoms with Gasteiger partial charge in [0, 0.05) is 40.7 Å². The number of urea groups is 1. The van der Waals surface area contributed by atoms with Crippen molar-refractivity contribution in [2.24, 2.45) is 5.92 Å². The van der Waals surface area contributed by atoms with Crippen LogP contribution in [-0.4, -0.2) is 63.3 Å². The summed E-state index contributed by atoms with van der Waals surface area (Å²) in [7, 11) is 0. The molecule has 1 aromatic rings. The first-order chi connectivity index (χ1) is 16.3. The molecule has 2 N–H and O–H groups in total. The van der Waals surface area contributed by atoms with Gasteiger partial charge in [0.15, 0.2) is 17.9 Å². The highest BCUT2D eigenvalue weighted by atomic mass is 79.9. The van der Waals surface area contributed by atoms with E-state index in [9.17, 15) is 28.1 Å². The minimum absolute atomic E-state index is 0.271. The molecule has 35 heavy (non-hydrogen) atoms. The number of ether oxygens (including phenoxy) is 1. The maximum absolute atomic E-state index is 15.8. The molecule has 2 aliphatic heterocycles. The molecule has 13 heteroatoms. The van der Waals surface area contributed by atoms with Crippen molar-refractivity contribution < 1.29 is 37.2 Å². The molecule has 2 aliphatic rings. The van der Waals surface area contributed by atoms with Crippen molar-refractivity contribution in [3.05, 3.63) is 34.1 Å². The molecule has 0 saturated carbocycles. The van der Waals surface area contributed by atoms with Crippen LogP contribution in [0.2, 0.25) is 0 Å². The van der Waals surface area contributed by atoms with E-state index in [1.165, 1.54) is 12.1 Å². The summed E-state index contributed by atoms with van der Waals surface area (Å²) in [6, 6.07) is 0.217. The van der Waals surface area contributed by atoms with Gasteiger partial charge in [-0.15, -0.1) is 4.72 Å². The molecule has 2 fully saturated rings. The van der Waals surface area contributed by atoms with Crippen LogP contribution in [0.5, 0.6) is 0 Å². The quantitative estimate of drug-likeness (QED) is 0.376. The number of amides is 4. The third-order valence-electron chi connectivity index (χ3n) is 5.68. The molecule has 192 valence electrons. The summed E-state index contributed by atoms with van der Waals surface area (Å²) in [5.41, 5.74) is -0.321. The lowest BCUT2D eigenvalue weighted by molar-refractivity contribution is -0.151. The van der Waals surface area contributed by atoms with Gasteiger partial charge in [0.05, 0.1) is 0 Å². The van der Waals surface area contributed by atoms with Crippen LogP contribution in [0, 0.1) is 11.7 Å². The zero-order chi connectivity index (χ0) is 26.1. The van der Waals surface area contributed by atoms with Crippen molar-refractivity contribution in [1.29, 1.82) is 0 Å². The fourth-order valence-corrected chi connectivity index (χ4v) is 4.99. The van der Waals surface area contributed by atoms with Crippen LogP contribution in [0.4, 0.5) is 13.6 Å². The van der Waals surface area contributed by atoms with Crippen LogP contribution in [0.25, 0.3) is 0 Å². The number of imide groups is 2. The predicted octanol–water partition coefficient (Wildman–Crippen LogP) is 2.46. The molecule has 0 spiro atoms. The topological polar surface area (TPSA) is 128 Å². The number of hydrogen-bond acceptors (Lipinski definition) is 7. The highest BCUT2D eigenvalue weighted by molar-refractivity contribution is 9.10. The molecule has 0 radical (unpaired) electrons. The Morgan fingerprint density at radius 3 is 2.51 bits per heavy atom. The summed E-state index contributed by atoms with van der Waals surface area (Å²) in [5.74, 6) is -6.93. The van der Waals surface area contributed by atoms with Gasteiger partial charge in [0.2, 0.25) is 5.91 Å². The number of halogens is 3. The average molecular weight is 578 g/mol. The Kier molecular flexibility index (Phi) is 8.69. The lowest BCUT2D eigenvalue weighted by atomic mass is 9.89. The largest absolute Gasteiger partial charge is 0.598 e. The van der Waals surface area contributed by atoms with Gasteiger partial charge in [-0.3, -0.25) is 24.6 Å². The minimum atomic E-state index is -2.64. The molecule has 4 amide bonds. The number of nitrogens with zero attached hydrogens (tertiary/aromatic N) is 1. The third kappa shape index (κ3) is 6.08. The number of ketones is 1. The van der Waals surface area contributed by atoms with Gasteiger partial charge in [0.25, 0.3) is 5.91 Å². The first kappa shape index (κ1) is 27.7. The highest BCUT2D eigenvalue weighted by Crippen LogP contribution is 2.31. The monoisotopic (exact) mass is 577 g/mol. The SMILES string of the molecule is CC(C)(C)[S@@+]([O-])NC(c1cc(Br)ccc1F)C(F)C(=O)C1C(=O)NC(=O)N(C2CCOCC2)C1=O. The van der Waals surface area contributed by atoms with Gasteiger partial charge in [-0.05, 0) is 51.8 Å². The second-order valence-corrected chi connectivity index (χ2v) is 12.1. The summed E-state index contributed by atoms with van der Waals surface area (Å²) < 4.78 is 50.4. The molecule has 1 aromatic carbocycles. The number of carbonyl (C=O) groups excluding carboxylic acids is 4. The summed E-state index contributed by atoms with van der Waals surface area (Å²) in [4.78, 5) is 51.9. The Hall–Kier alpha value is -1.93. The Morgan fingerprint density at radius 2 is 1.91 bits per heavy atom. The molecule has 0 aliphatic carbocycles. The summed E-state index contributed by atoms with van der Waals surface area (Å²) in [6.45, 7) is 5.32. The molecule has 3 rings (SSSR count). The number of carbonyl (C=O) groups is 4. The van der Waals surface area contributed by atoms with E-state index < -0.39 is 69.7 Å². The predicted molar refractivity (Wildman–Crippen MR) is 125 cm³/mol. The van der Waals surface area contributed by atoms with E-state index in [1.807, 2.05) is 5.32 Å². The van der Waals surface area contributed by atoms with E-state index in [2.05, 4.69) is 20.7 Å². The van der Waals surface area contributed by atoms with Gasteiger partial charge < -0.3 is 9.29 Å². The summed E-state index contributed by atoms with van der Waals surface area (Å²) >= 11 is 1.21. The van der Waals surface area contributed by atoms with E-state index in [0.29, 0.717) is 17.3 Å². The molecular weight excluding hydrogens is 552 g/mol. The van der Waals surface area contributed by atoms with Crippen molar-refractivity contribution in [2.45, 2.75) is 56.6 Å². The maximum atomic E-state index is 15.8. The van der Waals surface area contributed by atoms with Crippen LogP contribution in [0.3, 0.4) is 0 Å². The van der Waals surface area contributed by atoms with E-state index in [0.717, 1.165) is 11.0 Å². The van der Waals surface area contributed by atoms with Crippen LogP contribution in [0.15, 0.2) is 22.7 Å². The number of hydrogen-bond donors (Lipinski definition) is 2. The number of nitrogens with one attached hydrogen (secondary N) is 2. The van der Waals surface area contributed by atoms with Gasteiger partial charge in [-0.2, -0.15) is 0 Å². The molecule has 3 unspecified atom stereocenters. The standard InChI is InChI=1S/C22H26BrF2N3O6S/c1-22(2,3)35(33)27-17(13-10-11(23)4-5-14(13)24)16(25)18(29)15-19(30)26-21(32)28(20(15)31)12-6-8-34-9-7-12/h4-5,10,12,15-17,27H,6-9H2,1-3H3,(H,26,30,32)/t15?,16?,17?,35-/m1/s1. The molecule has 2 heterocycles. The molecule has 0 bridgehead atoms. The zero-order valence-electron chi connectivity index (χ0n) is 19.3. The Bertz CT molecular complexity index is 1020. The second-order valence-electron chi connectivity index (χ2n) is 9.23. The number of benzene rings is 1. The zero-order valence-corrected chi connectivity index (χ0v) is 21.7. The van der Waals surface area contributed by atoms with Crippen LogP contribution in [0.1, 0.15) is 45.2 Å². The fourth-order valence-electron chi connectivity index (χ4n) is 3.78. The first-order valence-electron chi connectivity index (χ1n) is 10.9. The number of barbiturate groups is 1. The minimum Gasteiger partial charge on any atom is -0.598 e. The molecule has 9 nitrogen and oxygen atoms in total. The van der Waals surface area contributed by atoms with Gasteiger partial charge in [-0.25, -0.2) is 13.6 Å². The Labute approximate surface area is 212 Å². The summed E-state index contributed by atoms with van der Waals surface area (Å²) in [6.07, 6.45) is -2.05. The van der Waals surface area contributed by atoms with Crippen LogP contribution in [-0.2, 0) is 30.5 Å². The van der Waals surface area contributed by atoms with Crippen molar-refractivity contribution in [3.63, 3.8) is 0 Å². The van der Waals surface area contributed by atoms with Crippen LogP contribution >= 0.6 is 15.9 Å². The molecule has 0 aromatic heterocycles. The van der Waals surface area contributed by atoms with Crippen molar-refractivity contribution >= 4 is 50.9 Å². The van der Waals surface area contributed by atoms with E-state index in [-0.39, 0.29) is 18.8 Å². The van der Waals surface area contributed by atoms with Gasteiger partial charge >= 0.3 is 6.03 Å². The average Bonchev–Trinajstić information content (AvgIpc) is 2.78. The van der Waals surface area contributed by atoms with E-state index >= 15 is 4.39 Å². The van der Waals surface area contributed by atoms with Gasteiger partial charge in [0.1, 0.15) is 16.6 Å². The molecule has 2 saturated heterocycles. The second kappa shape index (κ2) is 11.0. The summed E-state index contributed by atoms with van der Waals surface area (Å²) in [5, 5.41) is 1.94. The van der Waals surface area contributed by atoms with Crippen molar-refractivity contribution in [1.82, 2.24) is 14.9 Å². The van der Waals surface area contributed by atoms with Crippen LogP contribution < -0.4 is 10.0 Å². The number of alkyl halides is 1.